The molecule has 0 spiro atoms. The van der Waals surface area contributed by atoms with E-state index in [1.165, 1.54) is 34.6 Å². The van der Waals surface area contributed by atoms with Crippen molar-refractivity contribution in [3.8, 4) is 0 Å². The number of fused-ring (bicyclic) bond motifs is 10. The quantitative estimate of drug-likeness (QED) is 0.207. The van der Waals surface area contributed by atoms with Gasteiger partial charge in [-0.05, 0) is 33.1 Å². The van der Waals surface area contributed by atoms with Crippen LogP contribution in [0.1, 0.15) is 75.7 Å². The van der Waals surface area contributed by atoms with Crippen LogP contribution in [0, 0.1) is 51.8 Å². The molecule has 3 saturated heterocycles. The molecule has 3 aliphatic heterocycles. The van der Waals surface area contributed by atoms with E-state index in [0.29, 0.717) is 6.42 Å². The van der Waals surface area contributed by atoms with E-state index in [0.717, 1.165) is 0 Å². The van der Waals surface area contributed by atoms with E-state index >= 15 is 0 Å². The fraction of sp³-hybridized carbons (Fsp3) is 0.861. The highest BCUT2D eigenvalue weighted by atomic mass is 16.7. The molecule has 0 amide bonds. The maximum atomic E-state index is 13.8. The SMILES string of the molecule is CC(=O)O[C@@H]1C2C([C@H](OC(C)=O)[C@H](OC(C)=O)[C@]3(C)[C@@H]4[C@@H]([C@H](O)[C@@H]23)[C@]2(C)[C@](C)(OC(=O)[C@@]2(C)OC(C)=O)O[C@H]4C)[C@]2(C)[C@H](C[C@@H]3O[C@@H]3[C@@H]2O)[C@H]1N. The van der Waals surface area contributed by atoms with E-state index in [1.807, 2.05) is 13.8 Å². The molecule has 15 heteroatoms. The second kappa shape index (κ2) is 11.1. The van der Waals surface area contributed by atoms with Gasteiger partial charge >= 0.3 is 29.8 Å². The van der Waals surface area contributed by atoms with Crippen molar-refractivity contribution in [1.82, 2.24) is 0 Å². The summed E-state index contributed by atoms with van der Waals surface area (Å²) in [5, 5.41) is 25.2. The average Bonchev–Trinajstić information content (AvgIpc) is 3.70. The van der Waals surface area contributed by atoms with E-state index in [-0.39, 0.29) is 6.10 Å². The van der Waals surface area contributed by atoms with E-state index < -0.39 is 142 Å². The third kappa shape index (κ3) is 4.38. The number of epoxide rings is 1. The number of carbonyl (C=O) groups is 5. The zero-order chi connectivity index (χ0) is 37.7. The first-order valence-corrected chi connectivity index (χ1v) is 17.9. The van der Waals surface area contributed by atoms with Crippen LogP contribution in [-0.2, 0) is 57.1 Å². The Kier molecular flexibility index (Phi) is 7.94. The van der Waals surface area contributed by atoms with E-state index in [2.05, 4.69) is 0 Å². The Morgan fingerprint density at radius 2 is 1.39 bits per heavy atom. The molecule has 0 aromatic rings. The number of hydrogen-bond acceptors (Lipinski definition) is 15. The predicted octanol–water partition coefficient (Wildman–Crippen LogP) is 0.772. The first-order valence-electron chi connectivity index (χ1n) is 17.9. The van der Waals surface area contributed by atoms with Crippen molar-refractivity contribution in [3.63, 3.8) is 0 Å². The van der Waals surface area contributed by atoms with Crippen molar-refractivity contribution < 1.29 is 67.3 Å². The second-order valence-electron chi connectivity index (χ2n) is 17.1. The van der Waals surface area contributed by atoms with Crippen molar-refractivity contribution in [1.29, 1.82) is 0 Å². The van der Waals surface area contributed by atoms with Crippen LogP contribution in [0.3, 0.4) is 0 Å². The molecule has 0 aromatic carbocycles. The molecule has 0 aromatic heterocycles. The van der Waals surface area contributed by atoms with E-state index in [9.17, 15) is 34.2 Å². The van der Waals surface area contributed by atoms with Crippen LogP contribution in [0.2, 0.25) is 0 Å². The highest BCUT2D eigenvalue weighted by Gasteiger charge is 2.87. The fourth-order valence-corrected chi connectivity index (χ4v) is 13.0. The molecule has 4 saturated carbocycles. The maximum absolute atomic E-state index is 13.8. The first kappa shape index (κ1) is 36.5. The molecule has 2 unspecified atom stereocenters. The Morgan fingerprint density at radius 3 is 1.96 bits per heavy atom. The molecule has 4 aliphatic carbocycles. The van der Waals surface area contributed by atoms with Gasteiger partial charge in [0.15, 0.2) is 0 Å². The van der Waals surface area contributed by atoms with Crippen molar-refractivity contribution in [2.24, 2.45) is 57.5 Å². The van der Waals surface area contributed by atoms with Gasteiger partial charge in [-0.15, -0.1) is 0 Å². The molecule has 0 radical (unpaired) electrons. The molecule has 20 atom stereocenters. The lowest BCUT2D eigenvalue weighted by Crippen LogP contribution is -2.76. The summed E-state index contributed by atoms with van der Waals surface area (Å²) in [7, 11) is 0. The summed E-state index contributed by atoms with van der Waals surface area (Å²) >= 11 is 0. The standard InChI is InChI=1S/C36H51NO14/c1-12-20-23(34(8)35(9,50-16(5)41)31(44)51-36(34,10)49-12)25(42)21-19-22(28(46-14(3)39)30(33(20,21)7)47-15(4)40)32(6)17(11-18-26(48-18)29(32)43)24(37)27(19)45-13(2)38/h12,17-30,42-43H,11,37H2,1-10H3/t12-,17+,18-,19?,20-,21+,22?,23-,24+,25+,26-,27+,28-,29-,30-,32-,33+,34-,35+,36-/m0/s1. The lowest BCUT2D eigenvalue weighted by atomic mass is 9.40. The molecule has 284 valence electrons. The number of aliphatic hydroxyl groups is 2. The zero-order valence-corrected chi connectivity index (χ0v) is 30.7. The van der Waals surface area contributed by atoms with Crippen LogP contribution in [0.25, 0.3) is 0 Å². The van der Waals surface area contributed by atoms with Gasteiger partial charge in [0.1, 0.15) is 24.4 Å². The highest BCUT2D eigenvalue weighted by molar-refractivity contribution is 5.86. The Labute approximate surface area is 296 Å². The number of ether oxygens (including phenoxy) is 7. The van der Waals surface area contributed by atoms with Crippen molar-refractivity contribution >= 4 is 29.8 Å². The predicted molar refractivity (Wildman–Crippen MR) is 170 cm³/mol. The number of rotatable bonds is 4. The number of hydrogen-bond donors (Lipinski definition) is 3. The molecular formula is C36H51NO14. The Hall–Kier alpha value is -2.85. The lowest BCUT2D eigenvalue weighted by molar-refractivity contribution is -0.341. The van der Waals surface area contributed by atoms with Gasteiger partial charge in [-0.2, -0.15) is 0 Å². The monoisotopic (exact) mass is 721 g/mol. The van der Waals surface area contributed by atoms with E-state index in [1.54, 1.807) is 20.8 Å². The Balaban J connectivity index is 1.52. The van der Waals surface area contributed by atoms with Crippen LogP contribution in [0.4, 0.5) is 0 Å². The topological polar surface area (TPSA) is 220 Å². The van der Waals surface area contributed by atoms with Gasteiger partial charge in [-0.3, -0.25) is 19.2 Å². The van der Waals surface area contributed by atoms with Crippen LogP contribution in [0.5, 0.6) is 0 Å². The fourth-order valence-electron chi connectivity index (χ4n) is 13.0. The van der Waals surface area contributed by atoms with Crippen LogP contribution < -0.4 is 5.73 Å². The minimum atomic E-state index is -1.94. The first-order chi connectivity index (χ1) is 23.5. The molecule has 7 rings (SSSR count). The summed E-state index contributed by atoms with van der Waals surface area (Å²) in [4.78, 5) is 65.5. The van der Waals surface area contributed by atoms with E-state index in [4.69, 9.17) is 38.9 Å². The molecule has 51 heavy (non-hydrogen) atoms. The largest absolute Gasteiger partial charge is 0.461 e. The Morgan fingerprint density at radius 1 is 0.804 bits per heavy atom. The molecule has 3 heterocycles. The molecular weight excluding hydrogens is 670 g/mol. The smallest absolute Gasteiger partial charge is 0.353 e. The summed E-state index contributed by atoms with van der Waals surface area (Å²) in [6.07, 6.45) is -7.12. The molecule has 7 aliphatic rings. The number of esters is 5. The average molecular weight is 722 g/mol. The summed E-state index contributed by atoms with van der Waals surface area (Å²) in [6, 6.07) is -0.848. The van der Waals surface area contributed by atoms with Gasteiger partial charge < -0.3 is 49.1 Å². The number of carbonyl (C=O) groups excluding carboxylic acids is 5. The lowest BCUT2D eigenvalue weighted by Gasteiger charge is -2.67. The number of nitrogens with two attached hydrogens (primary N) is 1. The van der Waals surface area contributed by atoms with Crippen molar-refractivity contribution in [3.05, 3.63) is 0 Å². The second-order valence-corrected chi connectivity index (χ2v) is 17.1. The Bertz CT molecular complexity index is 1570. The minimum absolute atomic E-state index is 0.265. The van der Waals surface area contributed by atoms with Gasteiger partial charge in [0.2, 0.25) is 11.4 Å². The highest BCUT2D eigenvalue weighted by Crippen LogP contribution is 2.76. The third-order valence-electron chi connectivity index (χ3n) is 14.9. The normalized spacial score (nSPS) is 56.0. The van der Waals surface area contributed by atoms with Gasteiger partial charge in [0, 0.05) is 81.1 Å². The van der Waals surface area contributed by atoms with Crippen LogP contribution >= 0.6 is 0 Å². The van der Waals surface area contributed by atoms with Crippen molar-refractivity contribution in [2.45, 2.75) is 142 Å². The third-order valence-corrected chi connectivity index (χ3v) is 14.9. The van der Waals surface area contributed by atoms with Crippen LogP contribution in [0.15, 0.2) is 0 Å². The van der Waals surface area contributed by atoms with Gasteiger partial charge in [-0.25, -0.2) is 4.79 Å². The minimum Gasteiger partial charge on any atom is -0.461 e. The molecule has 0 bridgehead atoms. The maximum Gasteiger partial charge on any atom is 0.353 e. The molecule has 7 fully saturated rings. The summed E-state index contributed by atoms with van der Waals surface area (Å²) < 4.78 is 42.8. The summed E-state index contributed by atoms with van der Waals surface area (Å²) in [6.45, 7) is 15.0. The summed E-state index contributed by atoms with van der Waals surface area (Å²) in [5.74, 6) is -10.2. The van der Waals surface area contributed by atoms with Gasteiger partial charge in [-0.1, -0.05) is 13.8 Å². The molecule has 15 nitrogen and oxygen atoms in total. The zero-order valence-electron chi connectivity index (χ0n) is 30.7. The number of aliphatic hydroxyl groups excluding tert-OH is 2. The van der Waals surface area contributed by atoms with Gasteiger partial charge in [0.05, 0.1) is 29.8 Å². The van der Waals surface area contributed by atoms with Crippen LogP contribution in [-0.4, -0.2) is 106 Å². The summed E-state index contributed by atoms with van der Waals surface area (Å²) in [5.41, 5.74) is 1.14. The van der Waals surface area contributed by atoms with Gasteiger partial charge in [0.25, 0.3) is 0 Å². The van der Waals surface area contributed by atoms with Crippen molar-refractivity contribution in [2.75, 3.05) is 0 Å². The molecule has 4 N–H and O–H groups in total.